The number of carbonyl (C=O) groups excluding carboxylic acids is 1. The lowest BCUT2D eigenvalue weighted by atomic mass is 10.2. The fourth-order valence-corrected chi connectivity index (χ4v) is 3.20. The Hall–Kier alpha value is -1.93. The largest absolute Gasteiger partial charge is 0.325 e. The molecule has 0 aliphatic carbocycles. The van der Waals surface area contributed by atoms with E-state index in [0.29, 0.717) is 17.3 Å². The zero-order valence-corrected chi connectivity index (χ0v) is 16.2. The Labute approximate surface area is 159 Å². The van der Waals surface area contributed by atoms with E-state index >= 15 is 0 Å². The van der Waals surface area contributed by atoms with Gasteiger partial charge in [-0.1, -0.05) is 29.8 Å². The number of benzene rings is 2. The van der Waals surface area contributed by atoms with E-state index in [9.17, 15) is 13.2 Å². The van der Waals surface area contributed by atoms with Gasteiger partial charge in [-0.3, -0.25) is 9.69 Å². The van der Waals surface area contributed by atoms with Crippen LogP contribution in [-0.2, 0) is 21.4 Å². The highest BCUT2D eigenvalue weighted by Crippen LogP contribution is 2.16. The number of rotatable bonds is 7. The topological polar surface area (TPSA) is 92.5 Å². The van der Waals surface area contributed by atoms with Crippen molar-refractivity contribution in [2.75, 3.05) is 11.9 Å². The second-order valence-corrected chi connectivity index (χ2v) is 8.25. The molecule has 26 heavy (non-hydrogen) atoms. The third-order valence-corrected chi connectivity index (χ3v) is 4.94. The van der Waals surface area contributed by atoms with Gasteiger partial charge >= 0.3 is 0 Å². The van der Waals surface area contributed by atoms with Crippen LogP contribution in [0.25, 0.3) is 0 Å². The minimum Gasteiger partial charge on any atom is -0.325 e. The van der Waals surface area contributed by atoms with Crippen LogP contribution in [0.15, 0.2) is 53.4 Å². The van der Waals surface area contributed by atoms with E-state index in [1.165, 1.54) is 18.2 Å². The normalized spacial score (nSPS) is 11.8. The Morgan fingerprint density at radius 3 is 2.50 bits per heavy atom. The van der Waals surface area contributed by atoms with Crippen molar-refractivity contribution < 1.29 is 13.2 Å². The monoisotopic (exact) mass is 395 g/mol. The molecule has 0 saturated heterocycles. The van der Waals surface area contributed by atoms with Crippen LogP contribution in [0.3, 0.4) is 0 Å². The third kappa shape index (κ3) is 6.10. The Bertz CT molecular complexity index is 885. The van der Waals surface area contributed by atoms with Crippen LogP contribution in [0.1, 0.15) is 19.4 Å². The average Bonchev–Trinajstić information content (AvgIpc) is 2.53. The summed E-state index contributed by atoms with van der Waals surface area (Å²) < 4.78 is 22.8. The molecule has 6 nitrogen and oxygen atoms in total. The molecule has 0 heterocycles. The number of anilines is 1. The van der Waals surface area contributed by atoms with Gasteiger partial charge in [-0.15, -0.1) is 0 Å². The van der Waals surface area contributed by atoms with Crippen molar-refractivity contribution in [2.45, 2.75) is 31.3 Å². The molecule has 0 fully saturated rings. The van der Waals surface area contributed by atoms with E-state index in [4.69, 9.17) is 16.7 Å². The average molecular weight is 396 g/mol. The molecule has 8 heteroatoms. The first-order valence-corrected chi connectivity index (χ1v) is 9.99. The Morgan fingerprint density at radius 1 is 1.19 bits per heavy atom. The molecule has 0 unspecified atom stereocenters. The van der Waals surface area contributed by atoms with E-state index in [0.717, 1.165) is 5.56 Å². The summed E-state index contributed by atoms with van der Waals surface area (Å²) in [5, 5.41) is 8.47. The maximum Gasteiger partial charge on any atom is 0.238 e. The minimum absolute atomic E-state index is 0.0463. The lowest BCUT2D eigenvalue weighted by Crippen LogP contribution is -2.37. The Kier molecular flexibility index (Phi) is 6.77. The van der Waals surface area contributed by atoms with Crippen LogP contribution in [0.4, 0.5) is 5.69 Å². The number of hydrogen-bond acceptors (Lipinski definition) is 4. The van der Waals surface area contributed by atoms with Crippen molar-refractivity contribution in [1.29, 1.82) is 0 Å². The third-order valence-electron chi connectivity index (χ3n) is 3.80. The molecule has 0 bridgehead atoms. The highest BCUT2D eigenvalue weighted by molar-refractivity contribution is 7.89. The number of nitrogens with two attached hydrogens (primary N) is 1. The molecule has 0 radical (unpaired) electrons. The standard InChI is InChI=1S/C18H22ClN3O3S/c1-13(2)22(11-14-5-3-6-15(19)9-14)12-18(23)21-16-7-4-8-17(10-16)26(20,24)25/h3-10,13H,11-12H2,1-2H3,(H,21,23)(H2,20,24,25). The van der Waals surface area contributed by atoms with Crippen molar-refractivity contribution >= 4 is 33.2 Å². The Morgan fingerprint density at radius 2 is 1.88 bits per heavy atom. The van der Waals surface area contributed by atoms with Gasteiger partial charge in [0.1, 0.15) is 0 Å². The summed E-state index contributed by atoms with van der Waals surface area (Å²) in [7, 11) is -3.82. The van der Waals surface area contributed by atoms with Gasteiger partial charge in [0.05, 0.1) is 11.4 Å². The molecular formula is C18H22ClN3O3S. The van der Waals surface area contributed by atoms with E-state index in [2.05, 4.69) is 5.32 Å². The molecule has 0 aromatic heterocycles. The number of sulfonamides is 1. The first-order chi connectivity index (χ1) is 12.1. The summed E-state index contributed by atoms with van der Waals surface area (Å²) in [4.78, 5) is 14.3. The summed E-state index contributed by atoms with van der Waals surface area (Å²) >= 11 is 6.02. The highest BCUT2D eigenvalue weighted by Gasteiger charge is 2.16. The molecule has 0 aliphatic heterocycles. The summed E-state index contributed by atoms with van der Waals surface area (Å²) in [6.07, 6.45) is 0. The predicted molar refractivity (Wildman–Crippen MR) is 103 cm³/mol. The maximum atomic E-state index is 12.4. The zero-order chi connectivity index (χ0) is 19.3. The smallest absolute Gasteiger partial charge is 0.238 e. The van der Waals surface area contributed by atoms with Gasteiger partial charge in [0.2, 0.25) is 15.9 Å². The van der Waals surface area contributed by atoms with Gasteiger partial charge in [0, 0.05) is 23.3 Å². The lowest BCUT2D eigenvalue weighted by molar-refractivity contribution is -0.117. The van der Waals surface area contributed by atoms with Gasteiger partial charge in [0.15, 0.2) is 0 Å². The maximum absolute atomic E-state index is 12.4. The number of halogens is 1. The molecule has 0 spiro atoms. The molecule has 0 atom stereocenters. The lowest BCUT2D eigenvalue weighted by Gasteiger charge is -2.26. The highest BCUT2D eigenvalue weighted by atomic mass is 35.5. The van der Waals surface area contributed by atoms with Crippen molar-refractivity contribution in [3.63, 3.8) is 0 Å². The van der Waals surface area contributed by atoms with Gasteiger partial charge in [-0.05, 0) is 49.7 Å². The summed E-state index contributed by atoms with van der Waals surface area (Å²) in [6.45, 7) is 4.73. The van der Waals surface area contributed by atoms with Crippen molar-refractivity contribution in [3.8, 4) is 0 Å². The molecule has 2 aromatic carbocycles. The van der Waals surface area contributed by atoms with Gasteiger partial charge in [-0.25, -0.2) is 13.6 Å². The minimum atomic E-state index is -3.82. The number of nitrogens with zero attached hydrogens (tertiary/aromatic N) is 1. The summed E-state index contributed by atoms with van der Waals surface area (Å²) in [6, 6.07) is 13.5. The molecule has 3 N–H and O–H groups in total. The number of hydrogen-bond donors (Lipinski definition) is 2. The van der Waals surface area contributed by atoms with Crippen molar-refractivity contribution in [2.24, 2.45) is 5.14 Å². The molecular weight excluding hydrogens is 374 g/mol. The SMILES string of the molecule is CC(C)N(CC(=O)Nc1cccc(S(N)(=O)=O)c1)Cc1cccc(Cl)c1. The fourth-order valence-electron chi connectivity index (χ4n) is 2.43. The zero-order valence-electron chi connectivity index (χ0n) is 14.6. The molecule has 0 aliphatic rings. The van der Waals surface area contributed by atoms with Crippen LogP contribution < -0.4 is 10.5 Å². The van der Waals surface area contributed by atoms with Crippen molar-refractivity contribution in [1.82, 2.24) is 4.90 Å². The first-order valence-electron chi connectivity index (χ1n) is 8.06. The number of amides is 1. The number of nitrogens with one attached hydrogen (secondary N) is 1. The van der Waals surface area contributed by atoms with Crippen molar-refractivity contribution in [3.05, 3.63) is 59.1 Å². The van der Waals surface area contributed by atoms with Crippen LogP contribution in [0.2, 0.25) is 5.02 Å². The van der Waals surface area contributed by atoms with Crippen LogP contribution >= 0.6 is 11.6 Å². The second-order valence-electron chi connectivity index (χ2n) is 6.25. The van der Waals surface area contributed by atoms with Crippen LogP contribution in [0, 0.1) is 0 Å². The molecule has 1 amide bonds. The summed E-state index contributed by atoms with van der Waals surface area (Å²) in [5.41, 5.74) is 1.39. The van der Waals surface area contributed by atoms with E-state index in [1.807, 2.05) is 36.9 Å². The number of primary sulfonamides is 1. The Balaban J connectivity index is 2.06. The van der Waals surface area contributed by atoms with Gasteiger partial charge < -0.3 is 5.32 Å². The molecule has 140 valence electrons. The van der Waals surface area contributed by atoms with Gasteiger partial charge in [0.25, 0.3) is 0 Å². The quantitative estimate of drug-likeness (QED) is 0.753. The fraction of sp³-hybridized carbons (Fsp3) is 0.278. The second kappa shape index (κ2) is 8.64. The van der Waals surface area contributed by atoms with E-state index < -0.39 is 10.0 Å². The summed E-state index contributed by atoms with van der Waals surface area (Å²) in [5.74, 6) is -0.243. The number of carbonyl (C=O) groups is 1. The van der Waals surface area contributed by atoms with Crippen LogP contribution in [-0.4, -0.2) is 31.8 Å². The molecule has 2 aromatic rings. The van der Waals surface area contributed by atoms with Crippen LogP contribution in [0.5, 0.6) is 0 Å². The predicted octanol–water partition coefficient (Wildman–Crippen LogP) is 2.84. The molecule has 0 saturated carbocycles. The van der Waals surface area contributed by atoms with E-state index in [-0.39, 0.29) is 23.4 Å². The first kappa shape index (κ1) is 20.4. The molecule has 2 rings (SSSR count). The van der Waals surface area contributed by atoms with Gasteiger partial charge in [-0.2, -0.15) is 0 Å². The van der Waals surface area contributed by atoms with E-state index in [1.54, 1.807) is 12.1 Å².